The van der Waals surface area contributed by atoms with Crippen LogP contribution in [0.15, 0.2) is 84.5 Å². The van der Waals surface area contributed by atoms with Gasteiger partial charge in [-0.2, -0.15) is 0 Å². The van der Waals surface area contributed by atoms with Gasteiger partial charge in [-0.3, -0.25) is 9.59 Å². The lowest BCUT2D eigenvalue weighted by Gasteiger charge is -2.23. The van der Waals surface area contributed by atoms with Crippen LogP contribution in [0.4, 0.5) is 5.69 Å². The zero-order chi connectivity index (χ0) is 25.8. The van der Waals surface area contributed by atoms with E-state index in [2.05, 4.69) is 12.2 Å². The van der Waals surface area contributed by atoms with Crippen LogP contribution in [0, 0.1) is 37.5 Å². The van der Waals surface area contributed by atoms with Gasteiger partial charge in [-0.05, 0) is 72.0 Å². The van der Waals surface area contributed by atoms with Crippen LogP contribution in [0.3, 0.4) is 0 Å². The lowest BCUT2D eigenvalue weighted by atomic mass is 9.85. The van der Waals surface area contributed by atoms with Crippen molar-refractivity contribution in [2.75, 3.05) is 19.1 Å². The van der Waals surface area contributed by atoms with Crippen molar-refractivity contribution in [3.8, 4) is 11.5 Å². The number of nitrogens with zero attached hydrogens (tertiary/aromatic N) is 1. The second kappa shape index (κ2) is 8.77. The second-order valence-corrected chi connectivity index (χ2v) is 10.1. The summed E-state index contributed by atoms with van der Waals surface area (Å²) in [6, 6.07) is 21.9. The van der Waals surface area contributed by atoms with Crippen LogP contribution >= 0.6 is 0 Å². The normalized spacial score (nSPS) is 23.6. The number of methoxy groups -OCH3 is 2. The first-order valence-electron chi connectivity index (χ1n) is 12.6. The van der Waals surface area contributed by atoms with Crippen LogP contribution in [0.25, 0.3) is 5.57 Å². The third-order valence-electron chi connectivity index (χ3n) is 8.06. The summed E-state index contributed by atoms with van der Waals surface area (Å²) >= 11 is 0. The fourth-order valence-electron chi connectivity index (χ4n) is 6.41. The van der Waals surface area contributed by atoms with Gasteiger partial charge in [-0.1, -0.05) is 54.1 Å². The lowest BCUT2D eigenvalue weighted by molar-refractivity contribution is -0.122. The lowest BCUT2D eigenvalue weighted by Crippen LogP contribution is -2.33. The number of carbonyl (C=O) groups excluding carboxylic acids is 2. The monoisotopic (exact) mass is 491 g/mol. The number of amides is 2. The number of carbonyl (C=O) groups is 2. The molecule has 1 heterocycles. The molecule has 1 saturated heterocycles. The SMILES string of the molecule is COc1ccc(C(=C2[C@H]3C=C[C@H]2[C@H]2C(=O)N(c4ccc(C)cc4C)C(=O)[C@H]23)c2ccc(OC)cc2)cc1. The summed E-state index contributed by atoms with van der Waals surface area (Å²) in [5.74, 6) is 0.348. The summed E-state index contributed by atoms with van der Waals surface area (Å²) in [4.78, 5) is 29.1. The number of rotatable bonds is 5. The minimum absolute atomic E-state index is 0.0971. The third kappa shape index (κ3) is 3.52. The summed E-state index contributed by atoms with van der Waals surface area (Å²) in [6.07, 6.45) is 4.26. The summed E-state index contributed by atoms with van der Waals surface area (Å²) in [7, 11) is 3.30. The molecular formula is C32H29NO4. The van der Waals surface area contributed by atoms with E-state index in [0.717, 1.165) is 44.9 Å². The average Bonchev–Trinajstić information content (AvgIpc) is 3.54. The van der Waals surface area contributed by atoms with Crippen LogP contribution in [0.2, 0.25) is 0 Å². The van der Waals surface area contributed by atoms with Gasteiger partial charge in [0.15, 0.2) is 0 Å². The van der Waals surface area contributed by atoms with E-state index in [4.69, 9.17) is 9.47 Å². The van der Waals surface area contributed by atoms with E-state index in [1.54, 1.807) is 14.2 Å². The molecule has 3 aromatic rings. The van der Waals surface area contributed by atoms with Crippen molar-refractivity contribution in [2.45, 2.75) is 13.8 Å². The molecule has 2 fully saturated rings. The van der Waals surface area contributed by atoms with Crippen molar-refractivity contribution in [1.29, 1.82) is 0 Å². The molecule has 0 spiro atoms. The number of anilines is 1. The van der Waals surface area contributed by atoms with E-state index in [-0.39, 0.29) is 35.5 Å². The van der Waals surface area contributed by atoms with Gasteiger partial charge in [-0.25, -0.2) is 4.90 Å². The van der Waals surface area contributed by atoms with Gasteiger partial charge in [0.25, 0.3) is 0 Å². The zero-order valence-corrected chi connectivity index (χ0v) is 21.4. The van der Waals surface area contributed by atoms with Crippen LogP contribution in [-0.4, -0.2) is 26.0 Å². The second-order valence-electron chi connectivity index (χ2n) is 10.1. The minimum Gasteiger partial charge on any atom is -0.497 e. The number of allylic oxidation sites excluding steroid dienone is 3. The molecule has 3 aromatic carbocycles. The van der Waals surface area contributed by atoms with Gasteiger partial charge in [0.05, 0.1) is 31.7 Å². The van der Waals surface area contributed by atoms with E-state index in [9.17, 15) is 9.59 Å². The van der Waals surface area contributed by atoms with Crippen LogP contribution in [-0.2, 0) is 9.59 Å². The number of benzene rings is 3. The molecule has 5 heteroatoms. The number of aryl methyl sites for hydroxylation is 2. The molecular weight excluding hydrogens is 462 g/mol. The summed E-state index contributed by atoms with van der Waals surface area (Å²) in [5, 5.41) is 0. The Bertz CT molecular complexity index is 1380. The highest BCUT2D eigenvalue weighted by molar-refractivity contribution is 6.23. The average molecular weight is 492 g/mol. The van der Waals surface area contributed by atoms with Crippen molar-refractivity contribution >= 4 is 23.1 Å². The number of ether oxygens (including phenoxy) is 2. The summed E-state index contributed by atoms with van der Waals surface area (Å²) in [6.45, 7) is 3.97. The van der Waals surface area contributed by atoms with Crippen LogP contribution < -0.4 is 14.4 Å². The molecule has 2 aliphatic carbocycles. The topological polar surface area (TPSA) is 55.8 Å². The fraction of sp³-hybridized carbons (Fsp3) is 0.250. The van der Waals surface area contributed by atoms with E-state index in [1.165, 1.54) is 4.90 Å². The first-order chi connectivity index (χ1) is 17.9. The van der Waals surface area contributed by atoms with Crippen LogP contribution in [0.1, 0.15) is 22.3 Å². The first-order valence-corrected chi connectivity index (χ1v) is 12.6. The molecule has 186 valence electrons. The zero-order valence-electron chi connectivity index (χ0n) is 21.4. The Hall–Kier alpha value is -4.12. The highest BCUT2D eigenvalue weighted by atomic mass is 16.5. The van der Waals surface area contributed by atoms with Gasteiger partial charge in [0, 0.05) is 11.8 Å². The van der Waals surface area contributed by atoms with E-state index < -0.39 is 0 Å². The Morgan fingerprint density at radius 3 is 1.62 bits per heavy atom. The Morgan fingerprint density at radius 2 is 1.19 bits per heavy atom. The Morgan fingerprint density at radius 1 is 0.703 bits per heavy atom. The van der Waals surface area contributed by atoms with Crippen molar-refractivity contribution in [2.24, 2.45) is 23.7 Å². The number of fused-ring (bicyclic) bond motifs is 5. The number of imide groups is 1. The molecule has 4 atom stereocenters. The molecule has 3 aliphatic rings. The largest absolute Gasteiger partial charge is 0.497 e. The highest BCUT2D eigenvalue weighted by Crippen LogP contribution is 2.59. The molecule has 37 heavy (non-hydrogen) atoms. The molecule has 5 nitrogen and oxygen atoms in total. The maximum Gasteiger partial charge on any atom is 0.238 e. The fourth-order valence-corrected chi connectivity index (χ4v) is 6.41. The number of hydrogen-bond acceptors (Lipinski definition) is 4. The molecule has 0 N–H and O–H groups in total. The van der Waals surface area contributed by atoms with Gasteiger partial charge in [-0.15, -0.1) is 0 Å². The Kier molecular flexibility index (Phi) is 5.52. The Labute approximate surface area is 217 Å². The van der Waals surface area contributed by atoms with E-state index >= 15 is 0 Å². The molecule has 6 rings (SSSR count). The van der Waals surface area contributed by atoms with Crippen molar-refractivity contribution < 1.29 is 19.1 Å². The van der Waals surface area contributed by atoms with E-state index in [0.29, 0.717) is 5.69 Å². The highest BCUT2D eigenvalue weighted by Gasteiger charge is 2.62. The van der Waals surface area contributed by atoms with Gasteiger partial charge in [0.1, 0.15) is 11.5 Å². The first kappa shape index (κ1) is 23.3. The molecule has 0 aromatic heterocycles. The maximum absolute atomic E-state index is 13.8. The minimum atomic E-state index is -0.385. The summed E-state index contributed by atoms with van der Waals surface area (Å²) < 4.78 is 10.8. The maximum atomic E-state index is 13.8. The molecule has 0 unspecified atom stereocenters. The summed E-state index contributed by atoms with van der Waals surface area (Å²) in [5.41, 5.74) is 7.03. The van der Waals surface area contributed by atoms with Gasteiger partial charge < -0.3 is 9.47 Å². The number of hydrogen-bond donors (Lipinski definition) is 0. The molecule has 1 aliphatic heterocycles. The molecule has 0 radical (unpaired) electrons. The van der Waals surface area contributed by atoms with Crippen LogP contribution in [0.5, 0.6) is 11.5 Å². The van der Waals surface area contributed by atoms with Crippen molar-refractivity contribution in [3.63, 3.8) is 0 Å². The smallest absolute Gasteiger partial charge is 0.238 e. The third-order valence-corrected chi connectivity index (χ3v) is 8.06. The van der Waals surface area contributed by atoms with Crippen molar-refractivity contribution in [1.82, 2.24) is 0 Å². The standard InChI is InChI=1S/C32H29NO4/c1-18-5-16-26(19(2)17-18)33-31(34)29-24-14-15-25(30(29)32(33)35)28(24)27(20-6-10-22(36-3)11-7-20)21-8-12-23(37-4)13-9-21/h5-17,24-25,29-30H,1-4H3/t24-,25-,29-,30+/m1/s1. The predicted molar refractivity (Wildman–Crippen MR) is 144 cm³/mol. The van der Waals surface area contributed by atoms with Gasteiger partial charge in [0.2, 0.25) is 11.8 Å². The molecule has 1 saturated carbocycles. The van der Waals surface area contributed by atoms with Crippen molar-refractivity contribution in [3.05, 3.63) is 107 Å². The predicted octanol–water partition coefficient (Wildman–Crippen LogP) is 5.74. The van der Waals surface area contributed by atoms with Gasteiger partial charge >= 0.3 is 0 Å². The quantitative estimate of drug-likeness (QED) is 0.337. The molecule has 2 bridgehead atoms. The Balaban J connectivity index is 1.47. The van der Waals surface area contributed by atoms with E-state index in [1.807, 2.05) is 80.6 Å². The molecule has 2 amide bonds.